The van der Waals surface area contributed by atoms with Gasteiger partial charge in [0.2, 0.25) is 0 Å². The molecule has 0 aliphatic carbocycles. The smallest absolute Gasteiger partial charge is 0.139 e. The molecule has 21 heavy (non-hydrogen) atoms. The van der Waals surface area contributed by atoms with Gasteiger partial charge in [-0.05, 0) is 24.1 Å². The first-order valence-electron chi connectivity index (χ1n) is 6.63. The maximum Gasteiger partial charge on any atom is 0.139 e. The van der Waals surface area contributed by atoms with Crippen LogP contribution in [0, 0.1) is 11.6 Å². The van der Waals surface area contributed by atoms with Crippen LogP contribution in [-0.4, -0.2) is 6.04 Å². The highest BCUT2D eigenvalue weighted by Crippen LogP contribution is 2.28. The van der Waals surface area contributed by atoms with Crippen molar-refractivity contribution in [3.8, 4) is 5.75 Å². The number of hydrogen-bond donors (Lipinski definition) is 1. The van der Waals surface area contributed by atoms with Crippen LogP contribution in [0.15, 0.2) is 42.5 Å². The zero-order valence-electron chi connectivity index (χ0n) is 11.5. The minimum atomic E-state index is -0.695. The number of benzene rings is 2. The molecule has 112 valence electrons. The van der Waals surface area contributed by atoms with Crippen LogP contribution in [0.1, 0.15) is 25.0 Å². The number of halogens is 3. The number of rotatable bonds is 5. The lowest BCUT2D eigenvalue weighted by Crippen LogP contribution is -2.31. The molecule has 5 heteroatoms. The molecule has 2 unspecified atom stereocenters. The van der Waals surface area contributed by atoms with E-state index in [9.17, 15) is 8.78 Å². The first-order valence-corrected chi connectivity index (χ1v) is 7.01. The van der Waals surface area contributed by atoms with Crippen LogP contribution in [0.3, 0.4) is 0 Å². The van der Waals surface area contributed by atoms with Crippen molar-refractivity contribution in [1.82, 2.24) is 0 Å². The van der Waals surface area contributed by atoms with E-state index < -0.39 is 17.7 Å². The zero-order valence-corrected chi connectivity index (χ0v) is 12.3. The summed E-state index contributed by atoms with van der Waals surface area (Å²) >= 11 is 5.97. The summed E-state index contributed by atoms with van der Waals surface area (Å²) in [5.41, 5.74) is 6.83. The Morgan fingerprint density at radius 3 is 2.38 bits per heavy atom. The van der Waals surface area contributed by atoms with Crippen LogP contribution in [0.2, 0.25) is 5.02 Å². The third kappa shape index (κ3) is 4.16. The van der Waals surface area contributed by atoms with Crippen LogP contribution >= 0.6 is 11.6 Å². The third-order valence-electron chi connectivity index (χ3n) is 3.14. The van der Waals surface area contributed by atoms with Gasteiger partial charge in [-0.2, -0.15) is 0 Å². The summed E-state index contributed by atoms with van der Waals surface area (Å²) < 4.78 is 32.2. The van der Waals surface area contributed by atoms with Gasteiger partial charge in [0.1, 0.15) is 23.5 Å². The molecule has 0 bridgehead atoms. The summed E-state index contributed by atoms with van der Waals surface area (Å²) in [7, 11) is 0. The molecule has 0 spiro atoms. The molecule has 0 saturated heterocycles. The molecule has 0 heterocycles. The highest BCUT2D eigenvalue weighted by molar-refractivity contribution is 6.30. The van der Waals surface area contributed by atoms with Gasteiger partial charge in [-0.25, -0.2) is 8.78 Å². The summed E-state index contributed by atoms with van der Waals surface area (Å²) in [6.45, 7) is 1.91. The minimum Gasteiger partial charge on any atom is -0.484 e. The summed E-state index contributed by atoms with van der Waals surface area (Å²) in [6.07, 6.45) is 0.115. The quantitative estimate of drug-likeness (QED) is 0.884. The Hall–Kier alpha value is -1.65. The van der Waals surface area contributed by atoms with Gasteiger partial charge in [0.25, 0.3) is 0 Å². The molecule has 2 rings (SSSR count). The van der Waals surface area contributed by atoms with Gasteiger partial charge >= 0.3 is 0 Å². The first kappa shape index (κ1) is 15.7. The van der Waals surface area contributed by atoms with Gasteiger partial charge in [-0.1, -0.05) is 30.7 Å². The summed E-state index contributed by atoms with van der Waals surface area (Å²) in [6, 6.07) is 9.80. The normalized spacial score (nSPS) is 13.8. The molecule has 2 N–H and O–H groups in total. The molecule has 0 aromatic heterocycles. The first-order chi connectivity index (χ1) is 9.99. The van der Waals surface area contributed by atoms with Gasteiger partial charge in [-0.3, -0.25) is 0 Å². The standard InChI is InChI=1S/C16H16ClF2NO/c1-2-15(20)16(10-4-3-5-11(17)6-10)21-14-8-12(18)7-13(19)9-14/h3-9,15-16H,2,20H2,1H3. The fraction of sp³-hybridized carbons (Fsp3) is 0.250. The Balaban J connectivity index is 2.32. The maximum atomic E-state index is 13.3. The van der Waals surface area contributed by atoms with Crippen molar-refractivity contribution in [2.75, 3.05) is 0 Å². The van der Waals surface area contributed by atoms with E-state index in [1.54, 1.807) is 18.2 Å². The minimum absolute atomic E-state index is 0.0985. The summed E-state index contributed by atoms with van der Waals surface area (Å²) in [5, 5.41) is 0.551. The average Bonchev–Trinajstić information content (AvgIpc) is 2.43. The number of hydrogen-bond acceptors (Lipinski definition) is 2. The molecule has 0 fully saturated rings. The Labute approximate surface area is 127 Å². The number of nitrogens with two attached hydrogens (primary N) is 1. The second-order valence-corrected chi connectivity index (χ2v) is 5.21. The van der Waals surface area contributed by atoms with Crippen LogP contribution in [-0.2, 0) is 0 Å². The van der Waals surface area contributed by atoms with E-state index in [0.29, 0.717) is 11.4 Å². The molecule has 2 nitrogen and oxygen atoms in total. The van der Waals surface area contributed by atoms with Gasteiger partial charge in [0, 0.05) is 29.3 Å². The van der Waals surface area contributed by atoms with E-state index in [-0.39, 0.29) is 11.8 Å². The molecule has 0 radical (unpaired) electrons. The highest BCUT2D eigenvalue weighted by Gasteiger charge is 2.21. The molecule has 0 saturated carbocycles. The number of ether oxygens (including phenoxy) is 1. The van der Waals surface area contributed by atoms with E-state index in [4.69, 9.17) is 22.1 Å². The van der Waals surface area contributed by atoms with Crippen LogP contribution in [0.5, 0.6) is 5.75 Å². The largest absolute Gasteiger partial charge is 0.484 e. The van der Waals surface area contributed by atoms with Gasteiger partial charge < -0.3 is 10.5 Å². The molecule has 0 amide bonds. The molecule has 2 aromatic rings. The SMILES string of the molecule is CCC(N)C(Oc1cc(F)cc(F)c1)c1cccc(Cl)c1. The molecular formula is C16H16ClF2NO. The summed E-state index contributed by atoms with van der Waals surface area (Å²) in [4.78, 5) is 0. The predicted octanol–water partition coefficient (Wildman–Crippen LogP) is 4.48. The van der Waals surface area contributed by atoms with Gasteiger partial charge in [0.05, 0.1) is 0 Å². The van der Waals surface area contributed by atoms with Crippen molar-refractivity contribution < 1.29 is 13.5 Å². The van der Waals surface area contributed by atoms with Crippen molar-refractivity contribution in [1.29, 1.82) is 0 Å². The fourth-order valence-electron chi connectivity index (χ4n) is 2.04. The van der Waals surface area contributed by atoms with E-state index >= 15 is 0 Å². The lowest BCUT2D eigenvalue weighted by molar-refractivity contribution is 0.169. The molecule has 0 aliphatic heterocycles. The maximum absolute atomic E-state index is 13.3. The Morgan fingerprint density at radius 2 is 1.81 bits per heavy atom. The average molecular weight is 312 g/mol. The van der Waals surface area contributed by atoms with Crippen LogP contribution in [0.25, 0.3) is 0 Å². The molecule has 0 aliphatic rings. The molecule has 2 aromatic carbocycles. The monoisotopic (exact) mass is 311 g/mol. The van der Waals surface area contributed by atoms with Crippen molar-refractivity contribution >= 4 is 11.6 Å². The van der Waals surface area contributed by atoms with E-state index in [1.807, 2.05) is 13.0 Å². The van der Waals surface area contributed by atoms with Crippen molar-refractivity contribution in [2.24, 2.45) is 5.73 Å². The Morgan fingerprint density at radius 1 is 1.14 bits per heavy atom. The van der Waals surface area contributed by atoms with Gasteiger partial charge in [0.15, 0.2) is 0 Å². The van der Waals surface area contributed by atoms with E-state index in [2.05, 4.69) is 0 Å². The van der Waals surface area contributed by atoms with E-state index in [1.165, 1.54) is 0 Å². The van der Waals surface area contributed by atoms with Crippen LogP contribution in [0.4, 0.5) is 8.78 Å². The van der Waals surface area contributed by atoms with Crippen molar-refractivity contribution in [3.63, 3.8) is 0 Å². The Kier molecular flexibility index (Phi) is 5.15. The lowest BCUT2D eigenvalue weighted by atomic mass is 10.0. The fourth-order valence-corrected chi connectivity index (χ4v) is 2.24. The van der Waals surface area contributed by atoms with Gasteiger partial charge in [-0.15, -0.1) is 0 Å². The van der Waals surface area contributed by atoms with Crippen LogP contribution < -0.4 is 10.5 Å². The predicted molar refractivity (Wildman–Crippen MR) is 79.4 cm³/mol. The second kappa shape index (κ2) is 6.87. The summed E-state index contributed by atoms with van der Waals surface area (Å²) in [5.74, 6) is -1.29. The lowest BCUT2D eigenvalue weighted by Gasteiger charge is -2.25. The highest BCUT2D eigenvalue weighted by atomic mass is 35.5. The van der Waals surface area contributed by atoms with Crippen molar-refractivity contribution in [3.05, 3.63) is 64.7 Å². The molecule has 2 atom stereocenters. The zero-order chi connectivity index (χ0) is 15.4. The Bertz CT molecular complexity index is 601. The topological polar surface area (TPSA) is 35.2 Å². The third-order valence-corrected chi connectivity index (χ3v) is 3.37. The van der Waals surface area contributed by atoms with E-state index in [0.717, 1.165) is 23.8 Å². The molecular weight excluding hydrogens is 296 g/mol. The second-order valence-electron chi connectivity index (χ2n) is 4.77. The van der Waals surface area contributed by atoms with Crippen molar-refractivity contribution in [2.45, 2.75) is 25.5 Å².